The first-order chi connectivity index (χ1) is 20.5. The van der Waals surface area contributed by atoms with Crippen molar-refractivity contribution in [3.05, 3.63) is 70.5 Å². The van der Waals surface area contributed by atoms with E-state index in [1.54, 1.807) is 55.3 Å². The highest BCUT2D eigenvalue weighted by atomic mass is 16.5. The number of aliphatic hydroxyl groups excluding tert-OH is 1. The number of amidine groups is 1. The van der Waals surface area contributed by atoms with Crippen LogP contribution in [0.15, 0.2) is 75.5 Å². The molecule has 3 amide bonds. The molecular formula is C32H47N5O6. The smallest absolute Gasteiger partial charge is 0.256 e. The number of carbonyl (C=O) groups is 3. The first kappa shape index (κ1) is 35.4. The van der Waals surface area contributed by atoms with Crippen molar-refractivity contribution < 1.29 is 29.0 Å². The summed E-state index contributed by atoms with van der Waals surface area (Å²) < 4.78 is 10.8. The molecule has 236 valence electrons. The number of hydrogen-bond acceptors (Lipinski definition) is 7. The van der Waals surface area contributed by atoms with Gasteiger partial charge in [-0.2, -0.15) is 0 Å². The molecule has 11 nitrogen and oxygen atoms in total. The predicted octanol–water partition coefficient (Wildman–Crippen LogP) is 2.17. The second kappa shape index (κ2) is 17.3. The number of allylic oxidation sites excluding steroid dienone is 6. The highest BCUT2D eigenvalue weighted by Crippen LogP contribution is 2.20. The van der Waals surface area contributed by atoms with Gasteiger partial charge in [-0.1, -0.05) is 38.2 Å². The summed E-state index contributed by atoms with van der Waals surface area (Å²) >= 11 is 0. The molecule has 43 heavy (non-hydrogen) atoms. The van der Waals surface area contributed by atoms with Crippen LogP contribution in [0.5, 0.6) is 0 Å². The number of nitrogens with zero attached hydrogens (tertiary/aromatic N) is 3. The maximum absolute atomic E-state index is 13.2. The monoisotopic (exact) mass is 597 g/mol. The Hall–Kier alpha value is -3.80. The second-order valence-corrected chi connectivity index (χ2v) is 10.2. The van der Waals surface area contributed by atoms with Crippen molar-refractivity contribution in [3.63, 3.8) is 0 Å². The van der Waals surface area contributed by atoms with Gasteiger partial charge in [-0.3, -0.25) is 19.4 Å². The quantitative estimate of drug-likeness (QED) is 0.258. The lowest BCUT2D eigenvalue weighted by molar-refractivity contribution is -0.166. The van der Waals surface area contributed by atoms with Crippen molar-refractivity contribution in [2.75, 3.05) is 47.4 Å². The van der Waals surface area contributed by atoms with Gasteiger partial charge in [-0.05, 0) is 49.6 Å². The average Bonchev–Trinajstić information content (AvgIpc) is 3.36. The fraction of sp³-hybridized carbons (Fsp3) is 0.500. The first-order valence-electron chi connectivity index (χ1n) is 14.6. The fourth-order valence-corrected chi connectivity index (χ4v) is 4.61. The van der Waals surface area contributed by atoms with Gasteiger partial charge < -0.3 is 35.4 Å². The number of nitrogens with one attached hydrogen (secondary N) is 1. The molecule has 0 saturated carbocycles. The topological polar surface area (TPSA) is 147 Å². The molecule has 1 aliphatic heterocycles. The van der Waals surface area contributed by atoms with Gasteiger partial charge in [-0.15, -0.1) is 0 Å². The summed E-state index contributed by atoms with van der Waals surface area (Å²) in [7, 11) is 4.94. The Bertz CT molecular complexity index is 1240. The van der Waals surface area contributed by atoms with E-state index in [-0.39, 0.29) is 25.2 Å². The molecule has 0 bridgehead atoms. The van der Waals surface area contributed by atoms with Crippen LogP contribution < -0.4 is 11.1 Å². The summed E-state index contributed by atoms with van der Waals surface area (Å²) in [6.45, 7) is 9.05. The zero-order valence-electron chi connectivity index (χ0n) is 26.4. The Morgan fingerprint density at radius 3 is 2.65 bits per heavy atom. The number of aliphatic hydroxyl groups is 1. The number of hydrogen-bond donors (Lipinski definition) is 3. The minimum Gasteiger partial charge on any atom is -0.384 e. The molecule has 3 rings (SSSR count). The number of morpholine rings is 1. The van der Waals surface area contributed by atoms with Crippen molar-refractivity contribution in [3.8, 4) is 0 Å². The molecule has 3 atom stereocenters. The third kappa shape index (κ3) is 9.87. The Kier molecular flexibility index (Phi) is 14.3. The molecule has 0 spiro atoms. The Balaban J connectivity index is 0.00000316. The summed E-state index contributed by atoms with van der Waals surface area (Å²) in [5, 5.41) is 13.5. The van der Waals surface area contributed by atoms with E-state index in [0.29, 0.717) is 43.0 Å². The third-order valence-corrected chi connectivity index (χ3v) is 7.19. The molecule has 1 fully saturated rings. The SMILES string of the molecule is CC.CN=C(N)C1=CC=C(NC(=O)[C@H](O)[C@H]2OCCN(CC3=CC=CC(C(=O)N(C)C[C@@H](C)OC)=CC3)C2=O)CC=C1C. The summed E-state index contributed by atoms with van der Waals surface area (Å²) in [6.07, 6.45) is 10.4. The lowest BCUT2D eigenvalue weighted by atomic mass is 10.1. The van der Waals surface area contributed by atoms with Gasteiger partial charge in [0.1, 0.15) is 5.84 Å². The predicted molar refractivity (Wildman–Crippen MR) is 168 cm³/mol. The molecular weight excluding hydrogens is 550 g/mol. The average molecular weight is 598 g/mol. The minimum absolute atomic E-state index is 0.0829. The van der Waals surface area contributed by atoms with Crippen LogP contribution in [0, 0.1) is 0 Å². The first-order valence-corrected chi connectivity index (χ1v) is 14.6. The summed E-state index contributed by atoms with van der Waals surface area (Å²) in [4.78, 5) is 46.1. The van der Waals surface area contributed by atoms with Gasteiger partial charge >= 0.3 is 0 Å². The zero-order chi connectivity index (χ0) is 32.1. The second-order valence-electron chi connectivity index (χ2n) is 10.2. The largest absolute Gasteiger partial charge is 0.384 e. The van der Waals surface area contributed by atoms with Crippen LogP contribution in [-0.4, -0.2) is 104 Å². The molecule has 0 aromatic heterocycles. The molecule has 0 aromatic rings. The number of likely N-dealkylation sites (N-methyl/N-ethyl adjacent to an activating group) is 1. The molecule has 0 radical (unpaired) electrons. The number of nitrogens with two attached hydrogens (primary N) is 1. The van der Waals surface area contributed by atoms with Gasteiger partial charge in [0.25, 0.3) is 17.7 Å². The fourth-order valence-electron chi connectivity index (χ4n) is 4.61. The van der Waals surface area contributed by atoms with Gasteiger partial charge in [0.05, 0.1) is 12.7 Å². The van der Waals surface area contributed by atoms with Gasteiger partial charge in [0, 0.05) is 64.1 Å². The van der Waals surface area contributed by atoms with Crippen LogP contribution in [0.3, 0.4) is 0 Å². The highest BCUT2D eigenvalue weighted by Gasteiger charge is 2.39. The Morgan fingerprint density at radius 2 is 1.98 bits per heavy atom. The number of amides is 3. The summed E-state index contributed by atoms with van der Waals surface area (Å²) in [5.41, 5.74) is 9.63. The van der Waals surface area contributed by atoms with E-state index in [4.69, 9.17) is 15.2 Å². The Labute approximate surface area is 255 Å². The lowest BCUT2D eigenvalue weighted by Gasteiger charge is -2.34. The number of methoxy groups -OCH3 is 1. The van der Waals surface area contributed by atoms with Gasteiger partial charge in [0.15, 0.2) is 12.2 Å². The Morgan fingerprint density at radius 1 is 1.26 bits per heavy atom. The molecule has 1 heterocycles. The van der Waals surface area contributed by atoms with E-state index in [9.17, 15) is 19.5 Å². The molecule has 0 aromatic carbocycles. The zero-order valence-corrected chi connectivity index (χ0v) is 26.4. The minimum atomic E-state index is -1.69. The normalized spacial score (nSPS) is 20.5. The number of carbonyl (C=O) groups excluding carboxylic acids is 3. The van der Waals surface area contributed by atoms with Crippen molar-refractivity contribution in [1.82, 2.24) is 15.1 Å². The van der Waals surface area contributed by atoms with Crippen LogP contribution in [0.1, 0.15) is 40.5 Å². The lowest BCUT2D eigenvalue weighted by Crippen LogP contribution is -2.56. The van der Waals surface area contributed by atoms with Gasteiger partial charge in [0.2, 0.25) is 0 Å². The van der Waals surface area contributed by atoms with Crippen molar-refractivity contribution >= 4 is 23.6 Å². The standard InChI is InChI=1S/C30H41N5O6.C2H6/c1-19-9-12-23(13-14-24(19)27(31)32-3)33-28(37)25(36)26-30(39)35(15-16-41-26)18-21-7-6-8-22(11-10-21)29(38)34(4)17-20(2)40-5;1-2/h6-9,11,13-14,20,25-26,36H,10,12,15-18H2,1-5H3,(H2,31,32)(H,33,37);1-2H3/t20-,25-,26-;/m1./s1. The molecule has 4 N–H and O–H groups in total. The maximum Gasteiger partial charge on any atom is 0.256 e. The summed E-state index contributed by atoms with van der Waals surface area (Å²) in [5.74, 6) is -0.933. The van der Waals surface area contributed by atoms with Crippen LogP contribution in [0.25, 0.3) is 0 Å². The molecule has 2 aliphatic carbocycles. The molecule has 11 heteroatoms. The molecule has 3 aliphatic rings. The number of rotatable bonds is 10. The number of aliphatic imine (C=N–C) groups is 1. The molecule has 1 saturated heterocycles. The van der Waals surface area contributed by atoms with E-state index in [0.717, 1.165) is 16.7 Å². The van der Waals surface area contributed by atoms with E-state index in [1.165, 1.54) is 0 Å². The van der Waals surface area contributed by atoms with Crippen molar-refractivity contribution in [2.24, 2.45) is 10.7 Å². The number of ether oxygens (including phenoxy) is 2. The highest BCUT2D eigenvalue weighted by molar-refractivity contribution is 6.01. The third-order valence-electron chi connectivity index (χ3n) is 7.19. The van der Waals surface area contributed by atoms with E-state index < -0.39 is 24.0 Å². The van der Waals surface area contributed by atoms with E-state index in [1.807, 2.05) is 45.9 Å². The van der Waals surface area contributed by atoms with Crippen LogP contribution in [0.2, 0.25) is 0 Å². The van der Waals surface area contributed by atoms with Crippen molar-refractivity contribution in [1.29, 1.82) is 0 Å². The van der Waals surface area contributed by atoms with Crippen LogP contribution in [-0.2, 0) is 23.9 Å². The van der Waals surface area contributed by atoms with Crippen LogP contribution in [0.4, 0.5) is 0 Å². The summed E-state index contributed by atoms with van der Waals surface area (Å²) in [6, 6.07) is 0. The van der Waals surface area contributed by atoms with E-state index >= 15 is 0 Å². The molecule has 0 unspecified atom stereocenters. The van der Waals surface area contributed by atoms with E-state index in [2.05, 4.69) is 10.3 Å². The van der Waals surface area contributed by atoms with Crippen molar-refractivity contribution in [2.45, 2.75) is 58.8 Å². The maximum atomic E-state index is 13.2. The van der Waals surface area contributed by atoms with Crippen LogP contribution >= 0.6 is 0 Å². The van der Waals surface area contributed by atoms with Gasteiger partial charge in [-0.25, -0.2) is 0 Å².